The Labute approximate surface area is 110 Å². The molecule has 1 atom stereocenters. The molecule has 0 amide bonds. The van der Waals surface area contributed by atoms with Gasteiger partial charge < -0.3 is 14.2 Å². The van der Waals surface area contributed by atoms with Crippen LogP contribution in [-0.2, 0) is 14.2 Å². The first-order valence-electron chi connectivity index (χ1n) is 6.98. The molecule has 4 heteroatoms. The van der Waals surface area contributed by atoms with Crippen LogP contribution in [0.2, 0.25) is 0 Å². The van der Waals surface area contributed by atoms with E-state index >= 15 is 0 Å². The third-order valence-electron chi connectivity index (χ3n) is 3.41. The molecule has 0 aliphatic heterocycles. The predicted octanol–water partition coefficient (Wildman–Crippen LogP) is 4.02. The van der Waals surface area contributed by atoms with Crippen LogP contribution in [0.3, 0.4) is 0 Å². The first-order valence-corrected chi connectivity index (χ1v) is 6.98. The molecule has 1 aliphatic rings. The minimum absolute atomic E-state index is 0.0256. The van der Waals surface area contributed by atoms with E-state index in [0.717, 1.165) is 32.1 Å². The molecule has 1 unspecified atom stereocenters. The lowest BCUT2D eigenvalue weighted by Gasteiger charge is -2.28. The summed E-state index contributed by atoms with van der Waals surface area (Å²) in [7, 11) is 0. The Balaban J connectivity index is 2.26. The Bertz CT molecular complexity index is 257. The minimum Gasteiger partial charge on any atom is -0.431 e. The molecule has 18 heavy (non-hydrogen) atoms. The molecule has 0 spiro atoms. The third kappa shape index (κ3) is 5.71. The zero-order valence-electron chi connectivity index (χ0n) is 12.0. The summed E-state index contributed by atoms with van der Waals surface area (Å²) >= 11 is 0. The number of hydrogen-bond acceptors (Lipinski definition) is 4. The molecular weight excluding hydrogens is 232 g/mol. The lowest BCUT2D eigenvalue weighted by molar-refractivity contribution is -0.176. The first kappa shape index (κ1) is 15.3. The van der Waals surface area contributed by atoms with Gasteiger partial charge in [0.25, 0.3) is 0 Å². The van der Waals surface area contributed by atoms with Crippen molar-refractivity contribution >= 4 is 6.16 Å². The van der Waals surface area contributed by atoms with Crippen molar-refractivity contribution in [3.63, 3.8) is 0 Å². The van der Waals surface area contributed by atoms with Crippen LogP contribution in [0, 0.1) is 0 Å². The van der Waals surface area contributed by atoms with Crippen molar-refractivity contribution in [1.29, 1.82) is 0 Å². The van der Waals surface area contributed by atoms with Crippen molar-refractivity contribution in [3.8, 4) is 0 Å². The molecule has 1 saturated carbocycles. The van der Waals surface area contributed by atoms with Crippen molar-refractivity contribution in [2.24, 2.45) is 0 Å². The monoisotopic (exact) mass is 258 g/mol. The van der Waals surface area contributed by atoms with Crippen molar-refractivity contribution < 1.29 is 19.0 Å². The van der Waals surface area contributed by atoms with Gasteiger partial charge >= 0.3 is 6.16 Å². The fraction of sp³-hybridized carbons (Fsp3) is 0.929. The summed E-state index contributed by atoms with van der Waals surface area (Å²) in [6.45, 7) is 7.70. The summed E-state index contributed by atoms with van der Waals surface area (Å²) in [4.78, 5) is 11.6. The van der Waals surface area contributed by atoms with Crippen LogP contribution < -0.4 is 0 Å². The molecule has 106 valence electrons. The summed E-state index contributed by atoms with van der Waals surface area (Å²) in [6.07, 6.45) is 5.10. The van der Waals surface area contributed by atoms with Crippen molar-refractivity contribution in [2.45, 2.75) is 84.2 Å². The van der Waals surface area contributed by atoms with Crippen LogP contribution in [-0.4, -0.2) is 24.2 Å². The van der Waals surface area contributed by atoms with Gasteiger partial charge in [0.05, 0.1) is 5.60 Å². The SMILES string of the molecule is CCC(C)(C)OC(C)OC(=O)OC1CCCCC1. The van der Waals surface area contributed by atoms with E-state index in [1.54, 1.807) is 6.92 Å². The summed E-state index contributed by atoms with van der Waals surface area (Å²) < 4.78 is 16.0. The van der Waals surface area contributed by atoms with E-state index < -0.39 is 12.4 Å². The number of hydrogen-bond donors (Lipinski definition) is 0. The van der Waals surface area contributed by atoms with E-state index in [0.29, 0.717) is 0 Å². The van der Waals surface area contributed by atoms with Gasteiger partial charge in [-0.2, -0.15) is 0 Å². The van der Waals surface area contributed by atoms with Crippen molar-refractivity contribution in [3.05, 3.63) is 0 Å². The minimum atomic E-state index is -0.610. The largest absolute Gasteiger partial charge is 0.510 e. The number of carbonyl (C=O) groups is 1. The molecule has 1 aliphatic carbocycles. The Hall–Kier alpha value is -0.770. The molecule has 0 N–H and O–H groups in total. The normalized spacial score (nSPS) is 19.3. The van der Waals surface area contributed by atoms with Gasteiger partial charge in [-0.05, 0) is 52.9 Å². The molecule has 4 nitrogen and oxygen atoms in total. The fourth-order valence-corrected chi connectivity index (χ4v) is 2.04. The first-order chi connectivity index (χ1) is 8.43. The van der Waals surface area contributed by atoms with Gasteiger partial charge in [0, 0.05) is 0 Å². The molecule has 0 bridgehead atoms. The molecule has 0 aromatic rings. The molecule has 1 rings (SSSR count). The Morgan fingerprint density at radius 2 is 1.89 bits per heavy atom. The lowest BCUT2D eigenvalue weighted by Crippen LogP contribution is -2.32. The Morgan fingerprint density at radius 1 is 1.28 bits per heavy atom. The quantitative estimate of drug-likeness (QED) is 0.552. The van der Waals surface area contributed by atoms with Gasteiger partial charge in [0.2, 0.25) is 6.29 Å². The highest BCUT2D eigenvalue weighted by molar-refractivity contribution is 5.60. The fourth-order valence-electron chi connectivity index (χ4n) is 2.04. The summed E-state index contributed by atoms with van der Waals surface area (Å²) in [5.74, 6) is 0. The third-order valence-corrected chi connectivity index (χ3v) is 3.41. The zero-order valence-corrected chi connectivity index (χ0v) is 12.0. The average Bonchev–Trinajstić information content (AvgIpc) is 2.29. The molecule has 0 aromatic carbocycles. The maximum Gasteiger partial charge on any atom is 0.510 e. The van der Waals surface area contributed by atoms with Crippen LogP contribution in [0.15, 0.2) is 0 Å². The average molecular weight is 258 g/mol. The van der Waals surface area contributed by atoms with E-state index in [1.807, 2.05) is 20.8 Å². The molecule has 0 aromatic heterocycles. The predicted molar refractivity (Wildman–Crippen MR) is 69.4 cm³/mol. The second-order valence-electron chi connectivity index (χ2n) is 5.54. The van der Waals surface area contributed by atoms with Crippen LogP contribution in [0.25, 0.3) is 0 Å². The molecule has 0 radical (unpaired) electrons. The van der Waals surface area contributed by atoms with E-state index in [1.165, 1.54) is 6.42 Å². The van der Waals surface area contributed by atoms with Crippen LogP contribution in [0.1, 0.15) is 66.2 Å². The Kier molecular flexibility index (Phi) is 5.93. The second-order valence-corrected chi connectivity index (χ2v) is 5.54. The maximum absolute atomic E-state index is 11.6. The van der Waals surface area contributed by atoms with Gasteiger partial charge in [-0.25, -0.2) is 4.79 Å². The second kappa shape index (κ2) is 6.98. The number of ether oxygens (including phenoxy) is 3. The highest BCUT2D eigenvalue weighted by Gasteiger charge is 2.24. The Morgan fingerprint density at radius 3 is 2.44 bits per heavy atom. The standard InChI is InChI=1S/C14H26O4/c1-5-14(3,4)18-11(2)16-13(15)17-12-9-7-6-8-10-12/h11-12H,5-10H2,1-4H3. The smallest absolute Gasteiger partial charge is 0.431 e. The lowest BCUT2D eigenvalue weighted by atomic mass is 9.98. The topological polar surface area (TPSA) is 44.8 Å². The summed E-state index contributed by atoms with van der Waals surface area (Å²) in [6, 6.07) is 0. The van der Waals surface area contributed by atoms with E-state index in [-0.39, 0.29) is 11.7 Å². The van der Waals surface area contributed by atoms with Gasteiger partial charge in [-0.3, -0.25) is 0 Å². The van der Waals surface area contributed by atoms with E-state index in [4.69, 9.17) is 14.2 Å². The highest BCUT2D eigenvalue weighted by Crippen LogP contribution is 2.21. The van der Waals surface area contributed by atoms with Gasteiger partial charge in [-0.1, -0.05) is 13.3 Å². The molecule has 0 heterocycles. The van der Waals surface area contributed by atoms with Crippen molar-refractivity contribution in [1.82, 2.24) is 0 Å². The zero-order chi connectivity index (χ0) is 13.6. The summed E-state index contributed by atoms with van der Waals surface area (Å²) in [5, 5.41) is 0. The molecular formula is C14H26O4. The van der Waals surface area contributed by atoms with Crippen LogP contribution in [0.4, 0.5) is 4.79 Å². The van der Waals surface area contributed by atoms with Crippen LogP contribution in [0.5, 0.6) is 0 Å². The maximum atomic E-state index is 11.6. The van der Waals surface area contributed by atoms with E-state index in [9.17, 15) is 4.79 Å². The van der Waals surface area contributed by atoms with Gasteiger partial charge in [0.15, 0.2) is 0 Å². The van der Waals surface area contributed by atoms with Gasteiger partial charge in [-0.15, -0.1) is 0 Å². The molecule has 1 fully saturated rings. The van der Waals surface area contributed by atoms with Crippen molar-refractivity contribution in [2.75, 3.05) is 0 Å². The number of rotatable bonds is 5. The molecule has 0 saturated heterocycles. The van der Waals surface area contributed by atoms with E-state index in [2.05, 4.69) is 0 Å². The summed E-state index contributed by atoms with van der Waals surface area (Å²) in [5.41, 5.74) is -0.287. The van der Waals surface area contributed by atoms with Crippen LogP contribution >= 0.6 is 0 Å². The van der Waals surface area contributed by atoms with Gasteiger partial charge in [0.1, 0.15) is 6.10 Å². The number of carbonyl (C=O) groups excluding carboxylic acids is 1. The highest BCUT2D eigenvalue weighted by atomic mass is 16.8.